The topological polar surface area (TPSA) is 89.9 Å². The molecule has 2 aromatic rings. The van der Waals surface area contributed by atoms with E-state index >= 15 is 0 Å². The van der Waals surface area contributed by atoms with Crippen molar-refractivity contribution in [3.05, 3.63) is 56.6 Å². The Morgan fingerprint density at radius 1 is 1.06 bits per heavy atom. The van der Waals surface area contributed by atoms with Crippen molar-refractivity contribution in [2.45, 2.75) is 32.6 Å². The molecule has 2 aliphatic carbocycles. The molecule has 2 unspecified atom stereocenters. The van der Waals surface area contributed by atoms with Crippen LogP contribution in [-0.2, 0) is 17.6 Å². The van der Waals surface area contributed by atoms with E-state index in [0.29, 0.717) is 51.1 Å². The summed E-state index contributed by atoms with van der Waals surface area (Å²) in [5, 5.41) is 9.61. The number of methoxy groups -OCH3 is 2. The summed E-state index contributed by atoms with van der Waals surface area (Å²) in [6.07, 6.45) is 1.70. The number of hydrogen-bond donors (Lipinski definition) is 1. The number of rotatable bonds is 6. The van der Waals surface area contributed by atoms with Crippen LogP contribution in [0.1, 0.15) is 51.6 Å². The molecule has 6 nitrogen and oxygen atoms in total. The number of fused-ring (bicyclic) bond motifs is 2. The Kier molecular flexibility index (Phi) is 7.88. The van der Waals surface area contributed by atoms with E-state index < -0.39 is 24.0 Å². The average molecular weight is 511 g/mol. The van der Waals surface area contributed by atoms with Crippen LogP contribution in [-0.4, -0.2) is 43.5 Å². The zero-order valence-electron chi connectivity index (χ0n) is 19.0. The van der Waals surface area contributed by atoms with E-state index in [2.05, 4.69) is 0 Å². The molecule has 0 aliphatic heterocycles. The highest BCUT2D eigenvalue weighted by molar-refractivity contribution is 6.33. The summed E-state index contributed by atoms with van der Waals surface area (Å²) in [6.45, 7) is 1.46. The largest absolute Gasteiger partial charge is 0.495 e. The SMILES string of the molecule is CCC1(CCF)Cc2cc(OC)c(Cl)cc2C1=O.COc1cc2c(cc1Cl)C(=O)C(C(=O)O)C2. The van der Waals surface area contributed by atoms with Crippen LogP contribution in [0.3, 0.4) is 0 Å². The normalized spacial score (nSPS) is 20.4. The van der Waals surface area contributed by atoms with Crippen molar-refractivity contribution in [1.82, 2.24) is 0 Å². The Morgan fingerprint density at radius 3 is 2.12 bits per heavy atom. The molecule has 0 heterocycles. The van der Waals surface area contributed by atoms with Crippen molar-refractivity contribution in [1.29, 1.82) is 0 Å². The second-order valence-corrected chi connectivity index (χ2v) is 9.14. The van der Waals surface area contributed by atoms with Crippen LogP contribution in [0, 0.1) is 11.3 Å². The summed E-state index contributed by atoms with van der Waals surface area (Å²) in [4.78, 5) is 35.0. The number of ketones is 2. The molecule has 0 bridgehead atoms. The van der Waals surface area contributed by atoms with Gasteiger partial charge < -0.3 is 14.6 Å². The lowest BCUT2D eigenvalue weighted by Crippen LogP contribution is -2.27. The first-order chi connectivity index (χ1) is 16.1. The zero-order chi connectivity index (χ0) is 25.2. The van der Waals surface area contributed by atoms with Crippen LogP contribution >= 0.6 is 23.2 Å². The number of aliphatic carboxylic acids is 1. The van der Waals surface area contributed by atoms with Gasteiger partial charge in [-0.1, -0.05) is 30.1 Å². The molecule has 0 amide bonds. The minimum atomic E-state index is -1.10. The fourth-order valence-corrected chi connectivity index (χ4v) is 5.02. The van der Waals surface area contributed by atoms with Gasteiger partial charge in [-0.2, -0.15) is 0 Å². The lowest BCUT2D eigenvalue weighted by molar-refractivity contribution is -0.139. The van der Waals surface area contributed by atoms with Crippen molar-refractivity contribution in [2.75, 3.05) is 20.9 Å². The van der Waals surface area contributed by atoms with E-state index in [1.807, 2.05) is 6.92 Å². The van der Waals surface area contributed by atoms with Gasteiger partial charge in [0.05, 0.1) is 30.9 Å². The number of carbonyl (C=O) groups excluding carboxylic acids is 2. The van der Waals surface area contributed by atoms with E-state index in [1.165, 1.54) is 13.2 Å². The van der Waals surface area contributed by atoms with E-state index in [4.69, 9.17) is 37.8 Å². The van der Waals surface area contributed by atoms with Crippen molar-refractivity contribution in [3.8, 4) is 11.5 Å². The van der Waals surface area contributed by atoms with Crippen molar-refractivity contribution in [2.24, 2.45) is 11.3 Å². The number of Topliss-reactive ketones (excluding diaryl/α,β-unsaturated/α-hetero) is 2. The molecule has 182 valence electrons. The maximum atomic E-state index is 12.7. The van der Waals surface area contributed by atoms with Crippen molar-refractivity contribution >= 4 is 40.7 Å². The molecule has 0 spiro atoms. The lowest BCUT2D eigenvalue weighted by atomic mass is 9.78. The highest BCUT2D eigenvalue weighted by Gasteiger charge is 2.44. The lowest BCUT2D eigenvalue weighted by Gasteiger charge is -2.23. The van der Waals surface area contributed by atoms with Crippen LogP contribution in [0.2, 0.25) is 10.0 Å². The van der Waals surface area contributed by atoms with E-state index in [9.17, 15) is 18.8 Å². The van der Waals surface area contributed by atoms with Gasteiger partial charge in [0.15, 0.2) is 11.6 Å². The van der Waals surface area contributed by atoms with Gasteiger partial charge in [-0.3, -0.25) is 18.8 Å². The first-order valence-corrected chi connectivity index (χ1v) is 11.5. The number of ether oxygens (including phenoxy) is 2. The zero-order valence-corrected chi connectivity index (χ0v) is 20.6. The molecule has 9 heteroatoms. The average Bonchev–Trinajstić information content (AvgIpc) is 3.27. The van der Waals surface area contributed by atoms with Crippen LogP contribution in [0.15, 0.2) is 24.3 Å². The van der Waals surface area contributed by atoms with Crippen LogP contribution < -0.4 is 9.47 Å². The molecule has 0 saturated carbocycles. The predicted molar refractivity (Wildman–Crippen MR) is 127 cm³/mol. The van der Waals surface area contributed by atoms with Crippen LogP contribution in [0.25, 0.3) is 0 Å². The summed E-state index contributed by atoms with van der Waals surface area (Å²) in [7, 11) is 3.01. The van der Waals surface area contributed by atoms with E-state index in [0.717, 1.165) is 5.56 Å². The summed E-state index contributed by atoms with van der Waals surface area (Å²) >= 11 is 11.9. The molecule has 2 aliphatic rings. The number of hydrogen-bond acceptors (Lipinski definition) is 5. The molecule has 0 radical (unpaired) electrons. The van der Waals surface area contributed by atoms with Gasteiger partial charge in [0.1, 0.15) is 17.4 Å². The number of carboxylic acids is 1. The smallest absolute Gasteiger partial charge is 0.314 e. The van der Waals surface area contributed by atoms with Gasteiger partial charge in [-0.05, 0) is 61.1 Å². The third-order valence-electron chi connectivity index (χ3n) is 6.56. The number of alkyl halides is 1. The Balaban J connectivity index is 0.000000192. The quantitative estimate of drug-likeness (QED) is 0.506. The molecule has 0 fully saturated rings. The Hall–Kier alpha value is -2.64. The summed E-state index contributed by atoms with van der Waals surface area (Å²) in [5.74, 6) is -1.43. The van der Waals surface area contributed by atoms with Crippen LogP contribution in [0.4, 0.5) is 4.39 Å². The standard InChI is InChI=1S/C14H16ClFO2.C11H9ClO4/c1-3-14(4-5-16)8-9-6-12(18-2)11(15)7-10(9)13(14)17;1-16-9-3-5-2-7(11(14)15)10(13)6(5)4-8(9)12/h6-7H,3-5,8H2,1-2H3;3-4,7H,2H2,1H3,(H,14,15). The van der Waals surface area contributed by atoms with Gasteiger partial charge in [0.25, 0.3) is 0 Å². The van der Waals surface area contributed by atoms with E-state index in [1.54, 1.807) is 25.3 Å². The first kappa shape index (κ1) is 26.0. The van der Waals surface area contributed by atoms with Gasteiger partial charge >= 0.3 is 5.97 Å². The fourth-order valence-electron chi connectivity index (χ4n) is 4.54. The first-order valence-electron chi connectivity index (χ1n) is 10.7. The number of carboxylic acid groups (broad SMARTS) is 1. The van der Waals surface area contributed by atoms with Gasteiger partial charge in [0.2, 0.25) is 0 Å². The van der Waals surface area contributed by atoms with Gasteiger partial charge in [0, 0.05) is 16.5 Å². The molecule has 0 aromatic heterocycles. The van der Waals surface area contributed by atoms with Crippen LogP contribution in [0.5, 0.6) is 11.5 Å². The van der Waals surface area contributed by atoms with E-state index in [-0.39, 0.29) is 24.4 Å². The monoisotopic (exact) mass is 510 g/mol. The third kappa shape index (κ3) is 4.64. The second-order valence-electron chi connectivity index (χ2n) is 8.33. The number of halogens is 3. The van der Waals surface area contributed by atoms with Gasteiger partial charge in [-0.15, -0.1) is 0 Å². The molecular formula is C25H25Cl2FO6. The summed E-state index contributed by atoms with van der Waals surface area (Å²) in [5.41, 5.74) is 2.01. The molecule has 2 aromatic carbocycles. The molecule has 4 rings (SSSR count). The maximum absolute atomic E-state index is 12.7. The fraction of sp³-hybridized carbons (Fsp3) is 0.400. The number of carbonyl (C=O) groups is 3. The Morgan fingerprint density at radius 2 is 1.62 bits per heavy atom. The number of benzene rings is 2. The summed E-state index contributed by atoms with van der Waals surface area (Å²) in [6, 6.07) is 6.54. The summed E-state index contributed by atoms with van der Waals surface area (Å²) < 4.78 is 22.9. The highest BCUT2D eigenvalue weighted by Crippen LogP contribution is 2.45. The molecule has 1 N–H and O–H groups in total. The minimum Gasteiger partial charge on any atom is -0.495 e. The predicted octanol–water partition coefficient (Wildman–Crippen LogP) is 5.63. The Bertz CT molecular complexity index is 1150. The molecular weight excluding hydrogens is 486 g/mol. The molecule has 34 heavy (non-hydrogen) atoms. The second kappa shape index (κ2) is 10.3. The molecule has 0 saturated heterocycles. The maximum Gasteiger partial charge on any atom is 0.314 e. The minimum absolute atomic E-state index is 0.0159. The highest BCUT2D eigenvalue weighted by atomic mass is 35.5. The van der Waals surface area contributed by atoms with Gasteiger partial charge in [-0.25, -0.2) is 0 Å². The van der Waals surface area contributed by atoms with Crippen molar-refractivity contribution in [3.63, 3.8) is 0 Å². The third-order valence-corrected chi connectivity index (χ3v) is 7.16. The molecule has 2 atom stereocenters. The van der Waals surface area contributed by atoms with Crippen molar-refractivity contribution < 1.29 is 33.4 Å². The Labute approximate surface area is 207 Å².